The predicted molar refractivity (Wildman–Crippen MR) is 110 cm³/mol. The molecule has 9 heteroatoms. The number of hydrogen-bond acceptors (Lipinski definition) is 6. The van der Waals surface area contributed by atoms with Gasteiger partial charge in [-0.3, -0.25) is 29.0 Å². The van der Waals surface area contributed by atoms with Crippen LogP contribution in [0.1, 0.15) is 35.8 Å². The summed E-state index contributed by atoms with van der Waals surface area (Å²) in [7, 11) is 0. The Morgan fingerprint density at radius 3 is 2.62 bits per heavy atom. The fourth-order valence-corrected chi connectivity index (χ4v) is 2.94. The van der Waals surface area contributed by atoms with Crippen molar-refractivity contribution in [3.63, 3.8) is 0 Å². The smallest absolute Gasteiger partial charge is 0.330 e. The molecule has 3 rings (SSSR count). The molecule has 0 aliphatic heterocycles. The number of benzene rings is 1. The standard InChI is InChI=1S/C20H22N6O3/c1-2-3-11-25-17(21)16(18(27)24-20(25)29)26(13-14-7-5-4-6-8-14)19(28)15-12-22-9-10-23-15/h4-10,12H,2-3,11,13,21H2,1H3,(H,24,27,29). The number of unbranched alkanes of at least 4 members (excludes halogenated alkanes) is 1. The number of aromatic amines is 1. The van der Waals surface area contributed by atoms with E-state index >= 15 is 0 Å². The number of aromatic nitrogens is 4. The summed E-state index contributed by atoms with van der Waals surface area (Å²) in [6.45, 7) is 2.39. The summed E-state index contributed by atoms with van der Waals surface area (Å²) >= 11 is 0. The van der Waals surface area contributed by atoms with E-state index < -0.39 is 17.2 Å². The molecule has 0 saturated carbocycles. The number of H-pyrrole nitrogens is 1. The Morgan fingerprint density at radius 2 is 1.97 bits per heavy atom. The maximum Gasteiger partial charge on any atom is 0.330 e. The Bertz CT molecular complexity index is 1090. The van der Waals surface area contributed by atoms with Crippen molar-refractivity contribution in [2.75, 3.05) is 10.6 Å². The zero-order valence-electron chi connectivity index (χ0n) is 16.0. The second-order valence-corrected chi connectivity index (χ2v) is 6.47. The first-order valence-corrected chi connectivity index (χ1v) is 9.27. The molecule has 1 amide bonds. The van der Waals surface area contributed by atoms with E-state index in [-0.39, 0.29) is 23.7 Å². The van der Waals surface area contributed by atoms with Crippen molar-refractivity contribution in [1.29, 1.82) is 0 Å². The highest BCUT2D eigenvalue weighted by Gasteiger charge is 2.26. The predicted octanol–water partition coefficient (Wildman–Crippen LogP) is 1.56. The molecule has 150 valence electrons. The molecule has 29 heavy (non-hydrogen) atoms. The van der Waals surface area contributed by atoms with Gasteiger partial charge in [-0.05, 0) is 12.0 Å². The van der Waals surface area contributed by atoms with Crippen LogP contribution in [0.5, 0.6) is 0 Å². The molecule has 0 bridgehead atoms. The van der Waals surface area contributed by atoms with Gasteiger partial charge in [0.05, 0.1) is 12.7 Å². The van der Waals surface area contributed by atoms with Gasteiger partial charge in [0.15, 0.2) is 5.69 Å². The molecule has 0 unspecified atom stereocenters. The second-order valence-electron chi connectivity index (χ2n) is 6.47. The van der Waals surface area contributed by atoms with Gasteiger partial charge in [0.2, 0.25) is 0 Å². The van der Waals surface area contributed by atoms with E-state index in [2.05, 4.69) is 15.0 Å². The van der Waals surface area contributed by atoms with Crippen LogP contribution in [-0.2, 0) is 13.1 Å². The van der Waals surface area contributed by atoms with E-state index in [0.29, 0.717) is 13.0 Å². The number of hydrogen-bond donors (Lipinski definition) is 2. The quantitative estimate of drug-likeness (QED) is 0.626. The van der Waals surface area contributed by atoms with Crippen molar-refractivity contribution in [3.8, 4) is 0 Å². The van der Waals surface area contributed by atoms with Crippen molar-refractivity contribution in [2.45, 2.75) is 32.9 Å². The summed E-state index contributed by atoms with van der Waals surface area (Å²) in [6.07, 6.45) is 5.70. The molecule has 0 spiro atoms. The Balaban J connectivity index is 2.14. The van der Waals surface area contributed by atoms with Crippen LogP contribution in [0.15, 0.2) is 58.5 Å². The fourth-order valence-electron chi connectivity index (χ4n) is 2.94. The fraction of sp³-hybridized carbons (Fsp3) is 0.250. The lowest BCUT2D eigenvalue weighted by Crippen LogP contribution is -2.41. The van der Waals surface area contributed by atoms with E-state index in [0.717, 1.165) is 12.0 Å². The number of carbonyl (C=O) groups excluding carboxylic acids is 1. The maximum atomic E-state index is 13.2. The molecule has 0 aliphatic carbocycles. The van der Waals surface area contributed by atoms with Crippen LogP contribution in [0.25, 0.3) is 0 Å². The Hall–Kier alpha value is -3.75. The van der Waals surface area contributed by atoms with E-state index in [9.17, 15) is 14.4 Å². The summed E-state index contributed by atoms with van der Waals surface area (Å²) in [5.74, 6) is -0.597. The molecule has 0 fully saturated rings. The average molecular weight is 394 g/mol. The molecular weight excluding hydrogens is 372 g/mol. The topological polar surface area (TPSA) is 127 Å². The third-order valence-electron chi connectivity index (χ3n) is 4.43. The third-order valence-corrected chi connectivity index (χ3v) is 4.43. The summed E-state index contributed by atoms with van der Waals surface area (Å²) in [4.78, 5) is 49.6. The average Bonchev–Trinajstić information content (AvgIpc) is 2.73. The second kappa shape index (κ2) is 8.96. The Morgan fingerprint density at radius 1 is 1.21 bits per heavy atom. The number of nitrogens with one attached hydrogen (secondary N) is 1. The van der Waals surface area contributed by atoms with Gasteiger partial charge in [-0.15, -0.1) is 0 Å². The van der Waals surface area contributed by atoms with Crippen molar-refractivity contribution < 1.29 is 4.79 Å². The Kier molecular flexibility index (Phi) is 6.18. The van der Waals surface area contributed by atoms with Crippen LogP contribution >= 0.6 is 0 Å². The molecular formula is C20H22N6O3. The largest absolute Gasteiger partial charge is 0.383 e. The van der Waals surface area contributed by atoms with Gasteiger partial charge in [-0.25, -0.2) is 9.78 Å². The van der Waals surface area contributed by atoms with Crippen LogP contribution in [0.3, 0.4) is 0 Å². The molecule has 0 radical (unpaired) electrons. The van der Waals surface area contributed by atoms with Crippen molar-refractivity contribution in [2.24, 2.45) is 0 Å². The molecule has 0 atom stereocenters. The first kappa shape index (κ1) is 20.0. The highest BCUT2D eigenvalue weighted by Crippen LogP contribution is 2.21. The molecule has 1 aromatic carbocycles. The van der Waals surface area contributed by atoms with Gasteiger partial charge in [-0.2, -0.15) is 0 Å². The van der Waals surface area contributed by atoms with E-state index in [4.69, 9.17) is 5.73 Å². The van der Waals surface area contributed by atoms with Gasteiger partial charge in [0.1, 0.15) is 11.5 Å². The third kappa shape index (κ3) is 4.40. The highest BCUT2D eigenvalue weighted by atomic mass is 16.2. The zero-order chi connectivity index (χ0) is 20.8. The van der Waals surface area contributed by atoms with Crippen molar-refractivity contribution >= 4 is 17.4 Å². The van der Waals surface area contributed by atoms with E-state index in [1.807, 2.05) is 37.3 Å². The SMILES string of the molecule is CCCCn1c(N)c(N(Cc2ccccc2)C(=O)c2cnccn2)c(=O)[nH]c1=O. The van der Waals surface area contributed by atoms with Crippen molar-refractivity contribution in [1.82, 2.24) is 19.5 Å². The first-order chi connectivity index (χ1) is 14.0. The molecule has 0 saturated heterocycles. The van der Waals surface area contributed by atoms with Gasteiger partial charge >= 0.3 is 5.69 Å². The number of nitrogen functional groups attached to an aromatic ring is 1. The molecule has 9 nitrogen and oxygen atoms in total. The maximum absolute atomic E-state index is 13.2. The molecule has 3 aromatic rings. The van der Waals surface area contributed by atoms with Crippen LogP contribution in [0.4, 0.5) is 11.5 Å². The number of carbonyl (C=O) groups is 1. The lowest BCUT2D eigenvalue weighted by Gasteiger charge is -2.24. The highest BCUT2D eigenvalue weighted by molar-refractivity contribution is 6.05. The van der Waals surface area contributed by atoms with Crippen LogP contribution in [0, 0.1) is 0 Å². The lowest BCUT2D eigenvalue weighted by molar-refractivity contribution is 0.0979. The van der Waals surface area contributed by atoms with Gasteiger partial charge in [-0.1, -0.05) is 43.7 Å². The summed E-state index contributed by atoms with van der Waals surface area (Å²) in [5, 5.41) is 0. The van der Waals surface area contributed by atoms with Gasteiger partial charge < -0.3 is 5.73 Å². The minimum absolute atomic E-state index is 0.0552. The summed E-state index contributed by atoms with van der Waals surface area (Å²) in [5.41, 5.74) is 5.65. The zero-order valence-corrected chi connectivity index (χ0v) is 16.0. The van der Waals surface area contributed by atoms with E-state index in [1.165, 1.54) is 28.1 Å². The molecule has 3 N–H and O–H groups in total. The normalized spacial score (nSPS) is 10.7. The van der Waals surface area contributed by atoms with Crippen LogP contribution in [0.2, 0.25) is 0 Å². The number of rotatable bonds is 7. The van der Waals surface area contributed by atoms with E-state index in [1.54, 1.807) is 0 Å². The number of anilines is 2. The molecule has 0 aliphatic rings. The number of nitrogens with zero attached hydrogens (tertiary/aromatic N) is 4. The van der Waals surface area contributed by atoms with Gasteiger partial charge in [0, 0.05) is 18.9 Å². The van der Waals surface area contributed by atoms with Crippen LogP contribution < -0.4 is 21.9 Å². The Labute approximate surface area is 166 Å². The molecule has 2 aromatic heterocycles. The number of amides is 1. The first-order valence-electron chi connectivity index (χ1n) is 9.27. The number of nitrogens with two attached hydrogens (primary N) is 1. The van der Waals surface area contributed by atoms with Gasteiger partial charge in [0.25, 0.3) is 11.5 Å². The van der Waals surface area contributed by atoms with Crippen LogP contribution in [-0.4, -0.2) is 25.4 Å². The molecule has 2 heterocycles. The monoisotopic (exact) mass is 394 g/mol. The van der Waals surface area contributed by atoms with Crippen molar-refractivity contribution in [3.05, 3.63) is 81.0 Å². The summed E-state index contributed by atoms with van der Waals surface area (Å²) < 4.78 is 1.28. The minimum atomic E-state index is -0.728. The summed E-state index contributed by atoms with van der Waals surface area (Å²) in [6, 6.07) is 9.17. The lowest BCUT2D eigenvalue weighted by atomic mass is 10.2. The minimum Gasteiger partial charge on any atom is -0.383 e.